The summed E-state index contributed by atoms with van der Waals surface area (Å²) < 4.78 is 10.9. The largest absolute Gasteiger partial charge is 0.456 e. The van der Waals surface area contributed by atoms with E-state index in [1.54, 1.807) is 7.11 Å². The molecule has 2 rings (SSSR count). The van der Waals surface area contributed by atoms with Crippen LogP contribution in [-0.4, -0.2) is 30.3 Å². The summed E-state index contributed by atoms with van der Waals surface area (Å²) in [5.74, 6) is -0.303. The summed E-state index contributed by atoms with van der Waals surface area (Å²) in [6.45, 7) is 5.75. The van der Waals surface area contributed by atoms with Crippen LogP contribution in [0.5, 0.6) is 0 Å². The van der Waals surface area contributed by atoms with Crippen molar-refractivity contribution in [2.75, 3.05) is 7.11 Å². The summed E-state index contributed by atoms with van der Waals surface area (Å²) in [6.07, 6.45) is 0.452. The maximum Gasteiger partial charge on any atom is 0.340 e. The Kier molecular flexibility index (Phi) is 4.45. The van der Waals surface area contributed by atoms with E-state index in [2.05, 4.69) is 4.98 Å². The molecule has 2 aromatic rings. The second-order valence-corrected chi connectivity index (χ2v) is 4.96. The van der Waals surface area contributed by atoms with E-state index < -0.39 is 0 Å². The standard InChI is InChI=1S/C16H21NO3/c1-5-14(19-4)11(3)20-16(18)15-10(2)17-13-9-7-6-8-12(13)15/h6-9,11,14,17H,5H2,1-4H3. The molecule has 1 heterocycles. The van der Waals surface area contributed by atoms with Crippen LogP contribution >= 0.6 is 0 Å². The fourth-order valence-corrected chi connectivity index (χ4v) is 2.53. The molecule has 4 nitrogen and oxygen atoms in total. The van der Waals surface area contributed by atoms with Crippen LogP contribution in [0.2, 0.25) is 0 Å². The molecule has 0 spiro atoms. The van der Waals surface area contributed by atoms with E-state index in [0.29, 0.717) is 5.56 Å². The number of H-pyrrole nitrogens is 1. The lowest BCUT2D eigenvalue weighted by molar-refractivity contribution is -0.0291. The zero-order chi connectivity index (χ0) is 14.7. The number of methoxy groups -OCH3 is 1. The predicted molar refractivity (Wildman–Crippen MR) is 79.0 cm³/mol. The highest BCUT2D eigenvalue weighted by molar-refractivity contribution is 6.05. The molecule has 1 aromatic heterocycles. The Morgan fingerprint density at radius 2 is 2.05 bits per heavy atom. The average Bonchev–Trinajstić information content (AvgIpc) is 2.75. The summed E-state index contributed by atoms with van der Waals surface area (Å²) in [6, 6.07) is 7.73. The molecule has 0 saturated carbocycles. The number of rotatable bonds is 5. The van der Waals surface area contributed by atoms with Crippen LogP contribution in [0.4, 0.5) is 0 Å². The predicted octanol–water partition coefficient (Wildman–Crippen LogP) is 3.45. The first kappa shape index (κ1) is 14.6. The second-order valence-electron chi connectivity index (χ2n) is 4.96. The van der Waals surface area contributed by atoms with Gasteiger partial charge in [0.2, 0.25) is 0 Å². The molecule has 0 aliphatic carbocycles. The Morgan fingerprint density at radius 3 is 2.70 bits per heavy atom. The Hall–Kier alpha value is -1.81. The highest BCUT2D eigenvalue weighted by atomic mass is 16.6. The summed E-state index contributed by atoms with van der Waals surface area (Å²) in [7, 11) is 1.63. The van der Waals surface area contributed by atoms with E-state index in [0.717, 1.165) is 23.0 Å². The Labute approximate surface area is 119 Å². The summed E-state index contributed by atoms with van der Waals surface area (Å²) >= 11 is 0. The number of hydrogen-bond donors (Lipinski definition) is 1. The molecule has 1 N–H and O–H groups in total. The topological polar surface area (TPSA) is 51.3 Å². The highest BCUT2D eigenvalue weighted by Crippen LogP contribution is 2.23. The van der Waals surface area contributed by atoms with Gasteiger partial charge in [-0.2, -0.15) is 0 Å². The number of aromatic nitrogens is 1. The molecule has 2 atom stereocenters. The molecule has 20 heavy (non-hydrogen) atoms. The van der Waals surface area contributed by atoms with Gasteiger partial charge in [-0.15, -0.1) is 0 Å². The molecule has 0 aliphatic rings. The lowest BCUT2D eigenvalue weighted by atomic mass is 10.1. The lowest BCUT2D eigenvalue weighted by Crippen LogP contribution is -2.29. The van der Waals surface area contributed by atoms with E-state index in [1.807, 2.05) is 45.0 Å². The highest BCUT2D eigenvalue weighted by Gasteiger charge is 2.23. The van der Waals surface area contributed by atoms with Crippen molar-refractivity contribution in [2.45, 2.75) is 39.4 Å². The van der Waals surface area contributed by atoms with Crippen molar-refractivity contribution in [2.24, 2.45) is 0 Å². The lowest BCUT2D eigenvalue weighted by Gasteiger charge is -2.21. The van der Waals surface area contributed by atoms with Gasteiger partial charge in [-0.1, -0.05) is 25.1 Å². The molecule has 0 amide bonds. The number of aromatic amines is 1. The van der Waals surface area contributed by atoms with Gasteiger partial charge < -0.3 is 14.5 Å². The number of nitrogens with one attached hydrogen (secondary N) is 1. The minimum absolute atomic E-state index is 0.0792. The zero-order valence-corrected chi connectivity index (χ0v) is 12.4. The number of carbonyl (C=O) groups is 1. The van der Waals surface area contributed by atoms with E-state index in [-0.39, 0.29) is 18.2 Å². The first-order valence-electron chi connectivity index (χ1n) is 6.89. The van der Waals surface area contributed by atoms with Crippen LogP contribution in [-0.2, 0) is 9.47 Å². The molecule has 0 radical (unpaired) electrons. The van der Waals surface area contributed by atoms with Crippen molar-refractivity contribution >= 4 is 16.9 Å². The van der Waals surface area contributed by atoms with Gasteiger partial charge in [0.15, 0.2) is 0 Å². The molecule has 0 fully saturated rings. The first-order valence-corrected chi connectivity index (χ1v) is 6.89. The number of esters is 1. The fraction of sp³-hybridized carbons (Fsp3) is 0.438. The normalized spacial score (nSPS) is 14.2. The quantitative estimate of drug-likeness (QED) is 0.850. The number of ether oxygens (including phenoxy) is 2. The number of aryl methyl sites for hydroxylation is 1. The van der Waals surface area contributed by atoms with Crippen LogP contribution in [0, 0.1) is 6.92 Å². The molecule has 1 aromatic carbocycles. The van der Waals surface area contributed by atoms with Crippen molar-refractivity contribution in [3.8, 4) is 0 Å². The monoisotopic (exact) mass is 275 g/mol. The Bertz CT molecular complexity index is 599. The second kappa shape index (κ2) is 6.09. The number of hydrogen-bond acceptors (Lipinski definition) is 3. The van der Waals surface area contributed by atoms with Crippen molar-refractivity contribution in [1.82, 2.24) is 4.98 Å². The van der Waals surface area contributed by atoms with Crippen molar-refractivity contribution in [3.63, 3.8) is 0 Å². The third-order valence-corrected chi connectivity index (χ3v) is 3.62. The van der Waals surface area contributed by atoms with Gasteiger partial charge in [0, 0.05) is 23.7 Å². The van der Waals surface area contributed by atoms with Crippen molar-refractivity contribution < 1.29 is 14.3 Å². The molecular weight excluding hydrogens is 254 g/mol. The average molecular weight is 275 g/mol. The minimum atomic E-state index is -0.303. The smallest absolute Gasteiger partial charge is 0.340 e. The fourth-order valence-electron chi connectivity index (χ4n) is 2.53. The maximum absolute atomic E-state index is 12.4. The Balaban J connectivity index is 2.25. The third kappa shape index (κ3) is 2.70. The molecular formula is C16H21NO3. The third-order valence-electron chi connectivity index (χ3n) is 3.62. The number of benzene rings is 1. The Morgan fingerprint density at radius 1 is 1.35 bits per heavy atom. The molecule has 2 unspecified atom stereocenters. The van der Waals surface area contributed by atoms with Crippen LogP contribution in [0.15, 0.2) is 24.3 Å². The van der Waals surface area contributed by atoms with Crippen molar-refractivity contribution in [3.05, 3.63) is 35.5 Å². The first-order chi connectivity index (χ1) is 9.58. The van der Waals surface area contributed by atoms with Crippen LogP contribution < -0.4 is 0 Å². The van der Waals surface area contributed by atoms with Gasteiger partial charge in [0.25, 0.3) is 0 Å². The van der Waals surface area contributed by atoms with Crippen molar-refractivity contribution in [1.29, 1.82) is 0 Å². The van der Waals surface area contributed by atoms with Gasteiger partial charge in [-0.3, -0.25) is 0 Å². The van der Waals surface area contributed by atoms with E-state index >= 15 is 0 Å². The number of carbonyl (C=O) groups excluding carboxylic acids is 1. The van der Waals surface area contributed by atoms with Gasteiger partial charge in [-0.25, -0.2) is 4.79 Å². The summed E-state index contributed by atoms with van der Waals surface area (Å²) in [5.41, 5.74) is 2.38. The molecule has 0 aliphatic heterocycles. The summed E-state index contributed by atoms with van der Waals surface area (Å²) in [4.78, 5) is 15.6. The van der Waals surface area contributed by atoms with Gasteiger partial charge >= 0.3 is 5.97 Å². The maximum atomic E-state index is 12.4. The van der Waals surface area contributed by atoms with Crippen LogP contribution in [0.25, 0.3) is 10.9 Å². The van der Waals surface area contributed by atoms with Gasteiger partial charge in [0.1, 0.15) is 6.10 Å². The molecule has 108 valence electrons. The zero-order valence-electron chi connectivity index (χ0n) is 12.4. The molecule has 0 saturated heterocycles. The van der Waals surface area contributed by atoms with E-state index in [9.17, 15) is 4.79 Å². The molecule has 4 heteroatoms. The van der Waals surface area contributed by atoms with E-state index in [4.69, 9.17) is 9.47 Å². The number of fused-ring (bicyclic) bond motifs is 1. The minimum Gasteiger partial charge on any atom is -0.456 e. The van der Waals surface area contributed by atoms with Gasteiger partial charge in [-0.05, 0) is 26.3 Å². The van der Waals surface area contributed by atoms with Crippen LogP contribution in [0.3, 0.4) is 0 Å². The SMILES string of the molecule is CCC(OC)C(C)OC(=O)c1c(C)[nH]c2ccccc12. The molecule has 0 bridgehead atoms. The van der Waals surface area contributed by atoms with E-state index in [1.165, 1.54) is 0 Å². The number of para-hydroxylation sites is 1. The van der Waals surface area contributed by atoms with Crippen LogP contribution in [0.1, 0.15) is 36.3 Å². The van der Waals surface area contributed by atoms with Gasteiger partial charge in [0.05, 0.1) is 11.7 Å². The summed E-state index contributed by atoms with van der Waals surface area (Å²) in [5, 5.41) is 0.896.